The molecular formula is C25H38N6O. The van der Waals surface area contributed by atoms with Gasteiger partial charge in [0, 0.05) is 45.0 Å². The molecule has 0 spiro atoms. The van der Waals surface area contributed by atoms with E-state index in [0.717, 1.165) is 43.6 Å². The fourth-order valence-corrected chi connectivity index (χ4v) is 4.68. The van der Waals surface area contributed by atoms with E-state index in [1.165, 1.54) is 37.1 Å². The van der Waals surface area contributed by atoms with Gasteiger partial charge in [-0.05, 0) is 43.4 Å². The fraction of sp³-hybridized carbons (Fsp3) is 0.600. The molecular weight excluding hydrogens is 400 g/mol. The number of aryl methyl sites for hydroxylation is 1. The summed E-state index contributed by atoms with van der Waals surface area (Å²) in [6.07, 6.45) is 6.64. The summed E-state index contributed by atoms with van der Waals surface area (Å²) in [5, 5.41) is 7.75. The van der Waals surface area contributed by atoms with Crippen LogP contribution in [0.25, 0.3) is 0 Å². The molecule has 2 aliphatic heterocycles. The average molecular weight is 439 g/mol. The van der Waals surface area contributed by atoms with Gasteiger partial charge < -0.3 is 15.0 Å². The predicted molar refractivity (Wildman–Crippen MR) is 128 cm³/mol. The first-order valence-corrected chi connectivity index (χ1v) is 12.0. The second-order valence-corrected chi connectivity index (χ2v) is 9.22. The minimum absolute atomic E-state index is 0.0260. The quantitative estimate of drug-likeness (QED) is 0.555. The molecule has 0 amide bonds. The number of nitrogens with zero attached hydrogens (tertiary/aromatic N) is 5. The molecule has 7 nitrogen and oxygen atoms in total. The van der Waals surface area contributed by atoms with Gasteiger partial charge in [-0.1, -0.05) is 31.2 Å². The van der Waals surface area contributed by atoms with E-state index >= 15 is 0 Å². The molecule has 0 saturated carbocycles. The second-order valence-electron chi connectivity index (χ2n) is 9.22. The van der Waals surface area contributed by atoms with Crippen LogP contribution in [0.1, 0.15) is 49.5 Å². The molecule has 1 aromatic carbocycles. The molecule has 4 rings (SSSR count). The fourth-order valence-electron chi connectivity index (χ4n) is 4.68. The number of hydrogen-bond donors (Lipinski definition) is 1. The number of likely N-dealkylation sites (tertiary alicyclic amines) is 1. The summed E-state index contributed by atoms with van der Waals surface area (Å²) in [5.74, 6) is 1.77. The normalized spacial score (nSPS) is 22.8. The molecule has 7 heteroatoms. The zero-order valence-corrected chi connectivity index (χ0v) is 19.8. The first-order chi connectivity index (χ1) is 15.6. The van der Waals surface area contributed by atoms with E-state index in [1.807, 2.05) is 24.1 Å². The Bertz CT molecular complexity index is 877. The summed E-state index contributed by atoms with van der Waals surface area (Å²) in [6, 6.07) is 9.00. The molecule has 2 saturated heterocycles. The number of morpholine rings is 1. The van der Waals surface area contributed by atoms with Crippen LogP contribution >= 0.6 is 0 Å². The van der Waals surface area contributed by atoms with Crippen LogP contribution in [0.5, 0.6) is 0 Å². The van der Waals surface area contributed by atoms with Crippen molar-refractivity contribution in [2.45, 2.75) is 45.9 Å². The van der Waals surface area contributed by atoms with Crippen molar-refractivity contribution in [3.05, 3.63) is 53.3 Å². The number of piperidine rings is 1. The van der Waals surface area contributed by atoms with E-state index < -0.39 is 0 Å². The molecule has 1 aromatic heterocycles. The molecule has 3 heterocycles. The molecule has 0 aliphatic carbocycles. The van der Waals surface area contributed by atoms with Crippen LogP contribution in [0.15, 0.2) is 41.7 Å². The average Bonchev–Trinajstić information content (AvgIpc) is 3.24. The van der Waals surface area contributed by atoms with E-state index in [9.17, 15) is 0 Å². The van der Waals surface area contributed by atoms with E-state index in [-0.39, 0.29) is 6.10 Å². The van der Waals surface area contributed by atoms with E-state index in [0.29, 0.717) is 13.2 Å². The third-order valence-electron chi connectivity index (χ3n) is 6.38. The number of hydrogen-bond acceptors (Lipinski definition) is 4. The molecule has 32 heavy (non-hydrogen) atoms. The Hall–Kier alpha value is -2.38. The van der Waals surface area contributed by atoms with Crippen LogP contribution in [0.2, 0.25) is 0 Å². The van der Waals surface area contributed by atoms with Crippen molar-refractivity contribution in [2.24, 2.45) is 18.0 Å². The number of ether oxygens (including phenoxy) is 1. The predicted octanol–water partition coefficient (Wildman–Crippen LogP) is 3.19. The molecule has 2 aliphatic rings. The highest BCUT2D eigenvalue weighted by molar-refractivity contribution is 5.80. The van der Waals surface area contributed by atoms with Gasteiger partial charge in [-0.25, -0.2) is 4.99 Å². The number of nitrogens with one attached hydrogen (secondary N) is 1. The lowest BCUT2D eigenvalue weighted by atomic mass is 9.99. The lowest BCUT2D eigenvalue weighted by molar-refractivity contribution is -0.00805. The summed E-state index contributed by atoms with van der Waals surface area (Å²) in [6.45, 7) is 11.8. The Labute approximate surface area is 192 Å². The van der Waals surface area contributed by atoms with Crippen LogP contribution in [-0.4, -0.2) is 64.9 Å². The maximum atomic E-state index is 6.00. The van der Waals surface area contributed by atoms with Gasteiger partial charge in [0.25, 0.3) is 0 Å². The third-order valence-corrected chi connectivity index (χ3v) is 6.38. The second kappa shape index (κ2) is 11.0. The topological polar surface area (TPSA) is 57.9 Å². The van der Waals surface area contributed by atoms with Crippen LogP contribution in [0.3, 0.4) is 0 Å². The summed E-state index contributed by atoms with van der Waals surface area (Å²) in [7, 11) is 1.94. The molecule has 2 unspecified atom stereocenters. The molecule has 2 atom stereocenters. The van der Waals surface area contributed by atoms with E-state index in [4.69, 9.17) is 9.73 Å². The van der Waals surface area contributed by atoms with E-state index in [2.05, 4.69) is 58.3 Å². The SMILES string of the molecule is CCNC(=NCc1ccc(CN2CCCC(C)C2)cc1)N1CCOC(c2cnn(C)c2)C1. The van der Waals surface area contributed by atoms with Gasteiger partial charge in [0.2, 0.25) is 0 Å². The maximum Gasteiger partial charge on any atom is 0.194 e. The summed E-state index contributed by atoms with van der Waals surface area (Å²) in [5.41, 5.74) is 3.76. The monoisotopic (exact) mass is 438 g/mol. The Morgan fingerprint density at radius 2 is 2.00 bits per heavy atom. The van der Waals surface area contributed by atoms with Crippen LogP contribution in [0.4, 0.5) is 0 Å². The lowest BCUT2D eigenvalue weighted by Gasteiger charge is -2.34. The Morgan fingerprint density at radius 3 is 2.72 bits per heavy atom. The standard InChI is InChI=1S/C25H38N6O/c1-4-26-25(31-12-13-32-24(19-31)23-15-28-29(3)18-23)27-14-21-7-9-22(10-8-21)17-30-11-5-6-20(2)16-30/h7-10,15,18,20,24H,4-6,11-14,16-17,19H2,1-3H3,(H,26,27). The van der Waals surface area contributed by atoms with Gasteiger partial charge in [0.1, 0.15) is 6.10 Å². The van der Waals surface area contributed by atoms with Gasteiger partial charge >= 0.3 is 0 Å². The molecule has 1 N–H and O–H groups in total. The highest BCUT2D eigenvalue weighted by Crippen LogP contribution is 2.22. The van der Waals surface area contributed by atoms with Crippen LogP contribution < -0.4 is 5.32 Å². The largest absolute Gasteiger partial charge is 0.370 e. The van der Waals surface area contributed by atoms with Crippen molar-refractivity contribution in [3.63, 3.8) is 0 Å². The van der Waals surface area contributed by atoms with Crippen molar-refractivity contribution in [1.29, 1.82) is 0 Å². The van der Waals surface area contributed by atoms with Crippen molar-refractivity contribution >= 4 is 5.96 Å². The smallest absolute Gasteiger partial charge is 0.194 e. The molecule has 174 valence electrons. The summed E-state index contributed by atoms with van der Waals surface area (Å²) >= 11 is 0. The van der Waals surface area contributed by atoms with Gasteiger partial charge in [-0.2, -0.15) is 5.10 Å². The van der Waals surface area contributed by atoms with Gasteiger partial charge in [-0.3, -0.25) is 9.58 Å². The zero-order valence-electron chi connectivity index (χ0n) is 19.8. The number of rotatable bonds is 6. The molecule has 0 radical (unpaired) electrons. The van der Waals surface area contributed by atoms with Crippen LogP contribution in [0, 0.1) is 5.92 Å². The highest BCUT2D eigenvalue weighted by atomic mass is 16.5. The molecule has 2 fully saturated rings. The highest BCUT2D eigenvalue weighted by Gasteiger charge is 2.25. The molecule has 2 aromatic rings. The first-order valence-electron chi connectivity index (χ1n) is 12.0. The summed E-state index contributed by atoms with van der Waals surface area (Å²) in [4.78, 5) is 9.83. The number of aromatic nitrogens is 2. The Kier molecular flexibility index (Phi) is 7.81. The minimum atomic E-state index is 0.0260. The number of guanidine groups is 1. The zero-order chi connectivity index (χ0) is 22.3. The Balaban J connectivity index is 1.36. The van der Waals surface area contributed by atoms with Crippen molar-refractivity contribution in [1.82, 2.24) is 24.9 Å². The van der Waals surface area contributed by atoms with Gasteiger partial charge in [-0.15, -0.1) is 0 Å². The van der Waals surface area contributed by atoms with Gasteiger partial charge in [0.15, 0.2) is 5.96 Å². The van der Waals surface area contributed by atoms with E-state index in [1.54, 1.807) is 0 Å². The van der Waals surface area contributed by atoms with Crippen molar-refractivity contribution < 1.29 is 4.74 Å². The van der Waals surface area contributed by atoms with Crippen LogP contribution in [-0.2, 0) is 24.9 Å². The third kappa shape index (κ3) is 6.11. The van der Waals surface area contributed by atoms with Crippen molar-refractivity contribution in [2.75, 3.05) is 39.3 Å². The summed E-state index contributed by atoms with van der Waals surface area (Å²) < 4.78 is 7.82. The lowest BCUT2D eigenvalue weighted by Crippen LogP contribution is -2.48. The van der Waals surface area contributed by atoms with Crippen molar-refractivity contribution in [3.8, 4) is 0 Å². The maximum absolute atomic E-state index is 6.00. The van der Waals surface area contributed by atoms with Gasteiger partial charge in [0.05, 0.1) is 25.9 Å². The number of aliphatic imine (C=N–C) groups is 1. The molecule has 0 bridgehead atoms. The first kappa shape index (κ1) is 22.8. The Morgan fingerprint density at radius 1 is 1.19 bits per heavy atom. The minimum Gasteiger partial charge on any atom is -0.370 e. The number of benzene rings is 1.